The Morgan fingerprint density at radius 2 is 0.871 bits per heavy atom. The Hall–Kier alpha value is -1.43. The largest absolute Gasteiger partial charge is 0.474 e. The molecule has 0 aromatic carbocycles. The van der Waals surface area contributed by atoms with Crippen LogP contribution in [0.4, 0.5) is 79.4 Å². The highest BCUT2D eigenvalue weighted by Gasteiger charge is 2.95. The zero-order valence-electron chi connectivity index (χ0n) is 13.7. The first-order valence-electron chi connectivity index (χ1n) is 6.66. The van der Waals surface area contributed by atoms with E-state index in [9.17, 15) is 79.4 Å². The second-order valence-electron chi connectivity index (χ2n) is 5.54. The average molecular weight is 527 g/mol. The smallest absolute Gasteiger partial charge is 0.384 e. The van der Waals surface area contributed by atoms with Crippen LogP contribution >= 0.6 is 11.6 Å². The van der Waals surface area contributed by atoms with Gasteiger partial charge in [-0.2, -0.15) is 70.2 Å². The Labute approximate surface area is 163 Å². The van der Waals surface area contributed by atoms with Crippen LogP contribution in [0.15, 0.2) is 0 Å². The number of hydrogen-bond donors (Lipinski definition) is 0. The minimum Gasteiger partial charge on any atom is -0.384 e. The van der Waals surface area contributed by atoms with E-state index in [1.54, 1.807) is 0 Å². The maximum Gasteiger partial charge on any atom is 0.474 e. The van der Waals surface area contributed by atoms with Crippen LogP contribution in [0.2, 0.25) is 0 Å². The van der Waals surface area contributed by atoms with E-state index in [1.165, 1.54) is 0 Å². The fourth-order valence-electron chi connectivity index (χ4n) is 1.60. The molecule has 0 rings (SSSR count). The lowest BCUT2D eigenvalue weighted by Crippen LogP contribution is -2.75. The molecular weight excluding hydrogens is 523 g/mol. The van der Waals surface area contributed by atoms with Crippen LogP contribution < -0.4 is 0 Å². The fraction of sp³-hybridized carbons (Fsp3) is 0.909. The van der Waals surface area contributed by atoms with Crippen molar-refractivity contribution < 1.29 is 84.2 Å². The van der Waals surface area contributed by atoms with Gasteiger partial charge in [-0.15, -0.1) is 0 Å². The Bertz CT molecular complexity index is 686. The van der Waals surface area contributed by atoms with Crippen molar-refractivity contribution in [3.8, 4) is 0 Å². The first kappa shape index (κ1) is 29.6. The van der Waals surface area contributed by atoms with Gasteiger partial charge in [0, 0.05) is 11.6 Å². The SMILES string of the molecule is CC(F)C(F)(F)C(F)(F)C(F)(F)C(F)(F)C(F)(F)C(F)(F)C(F)(F)C(F)(F)OC(=O)Cl. The standard InChI is InChI=1S/C11H4ClF17O2/c1-2(13)4(14,15)5(16,17)6(18,19)7(20,21)8(22,23)9(24,25)10(26,27)11(28,29)31-3(12)30/h2H,1H3. The highest BCUT2D eigenvalue weighted by Crippen LogP contribution is 2.64. The molecule has 0 radical (unpaired) electrons. The zero-order valence-corrected chi connectivity index (χ0v) is 14.5. The van der Waals surface area contributed by atoms with Crippen LogP contribution in [-0.2, 0) is 4.74 Å². The molecule has 0 heterocycles. The van der Waals surface area contributed by atoms with Crippen molar-refractivity contribution in [3.63, 3.8) is 0 Å². The van der Waals surface area contributed by atoms with Crippen LogP contribution in [-0.4, -0.2) is 59.2 Å². The van der Waals surface area contributed by atoms with Crippen molar-refractivity contribution in [1.82, 2.24) is 0 Å². The molecule has 0 aromatic heterocycles. The molecule has 0 amide bonds. The van der Waals surface area contributed by atoms with Crippen molar-refractivity contribution >= 4 is 17.0 Å². The lowest BCUT2D eigenvalue weighted by atomic mass is 9.88. The lowest BCUT2D eigenvalue weighted by Gasteiger charge is -2.43. The molecule has 0 aliphatic carbocycles. The average Bonchev–Trinajstić information content (AvgIpc) is 2.51. The number of carbonyl (C=O) groups is 1. The van der Waals surface area contributed by atoms with Crippen molar-refractivity contribution in [2.24, 2.45) is 0 Å². The summed E-state index contributed by atoms with van der Waals surface area (Å²) in [4.78, 5) is 9.96. The van der Waals surface area contributed by atoms with Gasteiger partial charge in [0.15, 0.2) is 6.17 Å². The quantitative estimate of drug-likeness (QED) is 0.245. The monoisotopic (exact) mass is 526 g/mol. The topological polar surface area (TPSA) is 26.3 Å². The number of alkyl halides is 17. The second kappa shape index (κ2) is 7.57. The minimum atomic E-state index is -8.70. The van der Waals surface area contributed by atoms with E-state index in [0.717, 1.165) is 0 Å². The fourth-order valence-corrected chi connectivity index (χ4v) is 1.69. The first-order valence-corrected chi connectivity index (χ1v) is 7.04. The lowest BCUT2D eigenvalue weighted by molar-refractivity contribution is -0.468. The second-order valence-corrected chi connectivity index (χ2v) is 5.85. The van der Waals surface area contributed by atoms with E-state index in [4.69, 9.17) is 0 Å². The molecule has 0 aliphatic heterocycles. The molecule has 0 aliphatic rings. The molecule has 1 unspecified atom stereocenters. The highest BCUT2D eigenvalue weighted by atomic mass is 35.5. The summed E-state index contributed by atoms with van der Waals surface area (Å²) in [5, 5.41) is 0. The molecule has 0 spiro atoms. The number of ether oxygens (including phenoxy) is 1. The van der Waals surface area contributed by atoms with Crippen molar-refractivity contribution in [1.29, 1.82) is 0 Å². The summed E-state index contributed by atoms with van der Waals surface area (Å²) in [7, 11) is 0. The summed E-state index contributed by atoms with van der Waals surface area (Å²) in [5.74, 6) is -57.4. The van der Waals surface area contributed by atoms with E-state index < -0.39 is 66.1 Å². The number of halogens is 18. The zero-order chi connectivity index (χ0) is 25.9. The highest BCUT2D eigenvalue weighted by molar-refractivity contribution is 6.61. The molecule has 0 saturated heterocycles. The number of rotatable bonds is 9. The first-order chi connectivity index (χ1) is 13.1. The maximum atomic E-state index is 13.3. The van der Waals surface area contributed by atoms with Gasteiger partial charge in [-0.05, 0) is 6.92 Å². The van der Waals surface area contributed by atoms with Gasteiger partial charge in [-0.25, -0.2) is 9.18 Å². The molecular formula is C11H4ClF17O2. The molecule has 0 aromatic rings. The number of carbonyl (C=O) groups excluding carboxylic acids is 1. The molecule has 2 nitrogen and oxygen atoms in total. The third kappa shape index (κ3) is 3.83. The molecule has 0 N–H and O–H groups in total. The summed E-state index contributed by atoms with van der Waals surface area (Å²) in [6.45, 7) is -0.690. The normalized spacial score (nSPS) is 16.9. The predicted octanol–water partition coefficient (Wildman–Crippen LogP) is 6.76. The van der Waals surface area contributed by atoms with Crippen LogP contribution in [0.1, 0.15) is 6.92 Å². The Kier molecular flexibility index (Phi) is 7.22. The van der Waals surface area contributed by atoms with Gasteiger partial charge in [0.2, 0.25) is 0 Å². The third-order valence-corrected chi connectivity index (χ3v) is 3.54. The van der Waals surface area contributed by atoms with Gasteiger partial charge in [-0.3, -0.25) is 0 Å². The molecule has 0 bridgehead atoms. The van der Waals surface area contributed by atoms with E-state index in [0.29, 0.717) is 0 Å². The van der Waals surface area contributed by atoms with Gasteiger partial charge in [0.25, 0.3) is 0 Å². The maximum absolute atomic E-state index is 13.3. The Morgan fingerprint density at radius 1 is 0.613 bits per heavy atom. The summed E-state index contributed by atoms with van der Waals surface area (Å²) in [5.41, 5.74) is -3.15. The van der Waals surface area contributed by atoms with E-state index in [1.807, 2.05) is 4.74 Å². The third-order valence-electron chi connectivity index (χ3n) is 3.46. The van der Waals surface area contributed by atoms with Gasteiger partial charge in [0.05, 0.1) is 0 Å². The van der Waals surface area contributed by atoms with E-state index in [-0.39, 0.29) is 0 Å². The van der Waals surface area contributed by atoms with Crippen molar-refractivity contribution in [2.75, 3.05) is 0 Å². The summed E-state index contributed by atoms with van der Waals surface area (Å²) in [6.07, 6.45) is -11.8. The summed E-state index contributed by atoms with van der Waals surface area (Å²) in [6, 6.07) is 0. The molecule has 1 atom stereocenters. The van der Waals surface area contributed by atoms with Crippen molar-refractivity contribution in [2.45, 2.75) is 60.7 Å². The van der Waals surface area contributed by atoms with Gasteiger partial charge in [0.1, 0.15) is 0 Å². The number of hydrogen-bond acceptors (Lipinski definition) is 2. The van der Waals surface area contributed by atoms with Crippen LogP contribution in [0.5, 0.6) is 0 Å². The Morgan fingerprint density at radius 3 is 1.13 bits per heavy atom. The molecule has 0 saturated carbocycles. The van der Waals surface area contributed by atoms with E-state index in [2.05, 4.69) is 11.6 Å². The van der Waals surface area contributed by atoms with Crippen molar-refractivity contribution in [3.05, 3.63) is 0 Å². The molecule has 186 valence electrons. The van der Waals surface area contributed by atoms with Gasteiger partial charge in [-0.1, -0.05) is 0 Å². The van der Waals surface area contributed by atoms with E-state index >= 15 is 0 Å². The summed E-state index contributed by atoms with van der Waals surface area (Å²) >= 11 is 3.94. The summed E-state index contributed by atoms with van der Waals surface area (Å²) < 4.78 is 225. The van der Waals surface area contributed by atoms with Crippen LogP contribution in [0.3, 0.4) is 0 Å². The van der Waals surface area contributed by atoms with Gasteiger partial charge < -0.3 is 4.74 Å². The predicted molar refractivity (Wildman–Crippen MR) is 62.5 cm³/mol. The molecule has 31 heavy (non-hydrogen) atoms. The van der Waals surface area contributed by atoms with Gasteiger partial charge >= 0.3 is 53.0 Å². The molecule has 20 heteroatoms. The van der Waals surface area contributed by atoms with Crippen LogP contribution in [0.25, 0.3) is 0 Å². The minimum absolute atomic E-state index is 0.690. The molecule has 0 fully saturated rings. The van der Waals surface area contributed by atoms with Crippen LogP contribution in [0, 0.1) is 0 Å². The Balaban J connectivity index is 6.79.